The Bertz CT molecular complexity index is 900. The molecule has 1 amide bonds. The number of aromatic nitrogens is 3. The Balaban J connectivity index is 1.95. The largest absolute Gasteiger partial charge is 0.331 e. The maximum atomic E-state index is 13.1. The third kappa shape index (κ3) is 3.62. The van der Waals surface area contributed by atoms with Gasteiger partial charge < -0.3 is 9.47 Å². The van der Waals surface area contributed by atoms with Crippen LogP contribution in [0.4, 0.5) is 0 Å². The second-order valence-corrected chi connectivity index (χ2v) is 6.57. The van der Waals surface area contributed by atoms with Crippen molar-refractivity contribution in [2.24, 2.45) is 0 Å². The van der Waals surface area contributed by atoms with Gasteiger partial charge in [0.15, 0.2) is 5.65 Å². The van der Waals surface area contributed by atoms with Gasteiger partial charge in [0.25, 0.3) is 5.91 Å². The average molecular weight is 350 g/mol. The summed E-state index contributed by atoms with van der Waals surface area (Å²) in [5, 5.41) is 0. The normalized spacial score (nSPS) is 11.0. The molecule has 0 unspecified atom stereocenters. The van der Waals surface area contributed by atoms with Gasteiger partial charge >= 0.3 is 0 Å². The van der Waals surface area contributed by atoms with Gasteiger partial charge in [0, 0.05) is 24.8 Å². The van der Waals surface area contributed by atoms with Crippen LogP contribution in [0.1, 0.15) is 48.4 Å². The predicted molar refractivity (Wildman–Crippen MR) is 104 cm³/mol. The Hall–Kier alpha value is -2.69. The van der Waals surface area contributed by atoms with Crippen molar-refractivity contribution in [2.45, 2.75) is 46.7 Å². The Morgan fingerprint density at radius 2 is 1.92 bits per heavy atom. The number of imidazole rings is 1. The van der Waals surface area contributed by atoms with E-state index in [2.05, 4.69) is 23.4 Å². The van der Waals surface area contributed by atoms with Gasteiger partial charge in [0.2, 0.25) is 0 Å². The fourth-order valence-corrected chi connectivity index (χ4v) is 3.26. The molecule has 0 atom stereocenters. The molecule has 0 aliphatic heterocycles. The fraction of sp³-hybridized carbons (Fsp3) is 0.381. The minimum Gasteiger partial charge on any atom is -0.331 e. The minimum absolute atomic E-state index is 0.0630. The lowest BCUT2D eigenvalue weighted by atomic mass is 10.1. The zero-order valence-corrected chi connectivity index (χ0v) is 15.8. The van der Waals surface area contributed by atoms with Crippen LogP contribution in [0.5, 0.6) is 0 Å². The molecule has 5 heteroatoms. The highest BCUT2D eigenvalue weighted by Crippen LogP contribution is 2.18. The monoisotopic (exact) mass is 350 g/mol. The van der Waals surface area contributed by atoms with E-state index in [4.69, 9.17) is 4.98 Å². The highest BCUT2D eigenvalue weighted by atomic mass is 16.2. The Labute approximate surface area is 154 Å². The molecule has 3 aromatic rings. The van der Waals surface area contributed by atoms with E-state index < -0.39 is 0 Å². The second kappa shape index (κ2) is 8.13. The van der Waals surface area contributed by atoms with Gasteiger partial charge in [-0.15, -0.1) is 0 Å². The molecule has 0 saturated heterocycles. The number of carbonyl (C=O) groups excluding carboxylic acids is 1. The zero-order valence-electron chi connectivity index (χ0n) is 15.8. The highest BCUT2D eigenvalue weighted by molar-refractivity contribution is 5.95. The van der Waals surface area contributed by atoms with E-state index in [-0.39, 0.29) is 5.91 Å². The molecule has 0 saturated carbocycles. The third-order valence-electron chi connectivity index (χ3n) is 4.52. The van der Waals surface area contributed by atoms with Crippen molar-refractivity contribution in [3.05, 3.63) is 59.5 Å². The van der Waals surface area contributed by atoms with E-state index in [1.165, 1.54) is 0 Å². The molecular weight excluding hydrogens is 324 g/mol. The summed E-state index contributed by atoms with van der Waals surface area (Å²) in [5.41, 5.74) is 3.54. The van der Waals surface area contributed by atoms with Crippen molar-refractivity contribution in [3.8, 4) is 0 Å². The fourth-order valence-electron chi connectivity index (χ4n) is 3.26. The summed E-state index contributed by atoms with van der Waals surface area (Å²) in [4.78, 5) is 24.3. The third-order valence-corrected chi connectivity index (χ3v) is 4.52. The molecule has 0 radical (unpaired) electrons. The number of nitrogens with zero attached hydrogens (tertiary/aromatic N) is 4. The van der Waals surface area contributed by atoms with Crippen LogP contribution < -0.4 is 0 Å². The van der Waals surface area contributed by atoms with Crippen LogP contribution in [-0.2, 0) is 13.1 Å². The minimum atomic E-state index is 0.0630. The number of hydrogen-bond donors (Lipinski definition) is 0. The smallest absolute Gasteiger partial charge is 0.254 e. The second-order valence-electron chi connectivity index (χ2n) is 6.57. The summed E-state index contributed by atoms with van der Waals surface area (Å²) in [5.74, 6) is 0.962. The summed E-state index contributed by atoms with van der Waals surface area (Å²) >= 11 is 0. The summed E-state index contributed by atoms with van der Waals surface area (Å²) < 4.78 is 2.14. The van der Waals surface area contributed by atoms with Crippen LogP contribution in [0.15, 0.2) is 42.6 Å². The summed E-state index contributed by atoms with van der Waals surface area (Å²) in [6, 6.07) is 11.6. The van der Waals surface area contributed by atoms with Crippen molar-refractivity contribution >= 4 is 17.1 Å². The van der Waals surface area contributed by atoms with Gasteiger partial charge in [-0.25, -0.2) is 9.97 Å². The lowest BCUT2D eigenvalue weighted by molar-refractivity contribution is 0.0736. The molecule has 2 heterocycles. The van der Waals surface area contributed by atoms with E-state index in [1.54, 1.807) is 6.20 Å². The quantitative estimate of drug-likeness (QED) is 0.641. The molecule has 3 rings (SSSR count). The van der Waals surface area contributed by atoms with Crippen molar-refractivity contribution in [3.63, 3.8) is 0 Å². The topological polar surface area (TPSA) is 51.0 Å². The van der Waals surface area contributed by atoms with Crippen LogP contribution in [0.25, 0.3) is 11.2 Å². The van der Waals surface area contributed by atoms with Crippen molar-refractivity contribution in [1.82, 2.24) is 19.4 Å². The molecule has 0 N–H and O–H groups in total. The maximum absolute atomic E-state index is 13.1. The Morgan fingerprint density at radius 3 is 2.65 bits per heavy atom. The van der Waals surface area contributed by atoms with Crippen molar-refractivity contribution in [2.75, 3.05) is 6.54 Å². The maximum Gasteiger partial charge on any atom is 0.254 e. The van der Waals surface area contributed by atoms with E-state index in [1.807, 2.05) is 48.2 Å². The van der Waals surface area contributed by atoms with Crippen LogP contribution in [0, 0.1) is 6.92 Å². The number of rotatable bonds is 7. The first kappa shape index (κ1) is 18.1. The Kier molecular flexibility index (Phi) is 5.66. The summed E-state index contributed by atoms with van der Waals surface area (Å²) in [7, 11) is 0. The molecule has 5 nitrogen and oxygen atoms in total. The molecule has 136 valence electrons. The lowest BCUT2D eigenvalue weighted by Gasteiger charge is -2.23. The molecule has 0 spiro atoms. The van der Waals surface area contributed by atoms with Crippen molar-refractivity contribution < 1.29 is 4.79 Å². The molecule has 1 aromatic carbocycles. The van der Waals surface area contributed by atoms with Crippen LogP contribution in [0.2, 0.25) is 0 Å². The standard InChI is InChI=1S/C21H26N4O/c1-4-13-24(21(26)17-10-7-6-9-16(17)3)15-19-23-18-11-8-12-22-20(18)25(19)14-5-2/h6-12H,4-5,13-15H2,1-3H3. The summed E-state index contributed by atoms with van der Waals surface area (Å²) in [6.07, 6.45) is 3.70. The van der Waals surface area contributed by atoms with E-state index in [9.17, 15) is 4.79 Å². The van der Waals surface area contributed by atoms with Gasteiger partial charge in [-0.3, -0.25) is 4.79 Å². The van der Waals surface area contributed by atoms with E-state index in [0.717, 1.165) is 47.5 Å². The zero-order chi connectivity index (χ0) is 18.5. The number of hydrogen-bond acceptors (Lipinski definition) is 3. The highest BCUT2D eigenvalue weighted by Gasteiger charge is 2.20. The predicted octanol–water partition coefficient (Wildman–Crippen LogP) is 4.20. The molecular formula is C21H26N4O. The number of amides is 1. The van der Waals surface area contributed by atoms with Gasteiger partial charge in [0.05, 0.1) is 6.54 Å². The first-order valence-corrected chi connectivity index (χ1v) is 9.30. The number of aryl methyl sites for hydroxylation is 2. The van der Waals surface area contributed by atoms with E-state index in [0.29, 0.717) is 13.1 Å². The van der Waals surface area contributed by atoms with Gasteiger partial charge in [-0.05, 0) is 43.5 Å². The van der Waals surface area contributed by atoms with Crippen LogP contribution in [0.3, 0.4) is 0 Å². The molecule has 0 aliphatic rings. The van der Waals surface area contributed by atoms with Gasteiger partial charge in [0.1, 0.15) is 11.3 Å². The molecule has 0 bridgehead atoms. The number of carbonyl (C=O) groups is 1. The molecule has 26 heavy (non-hydrogen) atoms. The number of benzene rings is 1. The summed E-state index contributed by atoms with van der Waals surface area (Å²) in [6.45, 7) is 8.26. The van der Waals surface area contributed by atoms with Crippen molar-refractivity contribution in [1.29, 1.82) is 0 Å². The van der Waals surface area contributed by atoms with E-state index >= 15 is 0 Å². The lowest BCUT2D eigenvalue weighted by Crippen LogP contribution is -2.33. The number of pyridine rings is 1. The molecule has 2 aromatic heterocycles. The first-order valence-electron chi connectivity index (χ1n) is 9.30. The SMILES string of the molecule is CCCN(Cc1nc2cccnc2n1CCC)C(=O)c1ccccc1C. The van der Waals surface area contributed by atoms with Gasteiger partial charge in [-0.2, -0.15) is 0 Å². The molecule has 0 fully saturated rings. The Morgan fingerprint density at radius 1 is 1.12 bits per heavy atom. The first-order chi connectivity index (χ1) is 12.7. The van der Waals surface area contributed by atoms with Crippen LogP contribution >= 0.6 is 0 Å². The molecule has 0 aliphatic carbocycles. The average Bonchev–Trinajstić information content (AvgIpc) is 2.99. The van der Waals surface area contributed by atoms with Crippen LogP contribution in [-0.4, -0.2) is 31.9 Å². The van der Waals surface area contributed by atoms with Gasteiger partial charge in [-0.1, -0.05) is 32.0 Å². The number of fused-ring (bicyclic) bond motifs is 1.